The topological polar surface area (TPSA) is 51.6 Å². The van der Waals surface area contributed by atoms with Crippen LogP contribution < -0.4 is 0 Å². The molecule has 0 aliphatic carbocycles. The Kier molecular flexibility index (Phi) is 5.84. The maximum Gasteiger partial charge on any atom is 0.0978 e. The van der Waals surface area contributed by atoms with E-state index >= 15 is 0 Å². The normalized spacial score (nSPS) is 11.8. The van der Waals surface area contributed by atoms with E-state index in [4.69, 9.17) is 15.0 Å². The van der Waals surface area contributed by atoms with E-state index in [2.05, 4.69) is 145 Å². The number of benzene rings is 6. The molecule has 0 aliphatic rings. The molecule has 222 valence electrons. The SMILES string of the molecule is c1ccc2cc(-c3c4ccccc4nc4c3ccc3ccc(-c5ccc(-c6ccnc7c6ccc6cccnc67)cc5)nc34)ccc2c1. The number of aromatic nitrogens is 4. The fourth-order valence-corrected chi connectivity index (χ4v) is 7.18. The molecule has 0 fully saturated rings. The largest absolute Gasteiger partial charge is 0.254 e. The third-order valence-electron chi connectivity index (χ3n) is 9.52. The standard InChI is InChI=1S/C44H26N4/c1-2-7-32-26-33(16-11-27(32)6-1)40-36-9-3-4-10-39(36)48-44-37(40)21-18-31-19-22-38(47-42(31)44)29-14-12-28(13-15-29)34-23-25-46-43-35(34)20-17-30-8-5-24-45-41(30)43/h1-26H. The molecule has 4 aromatic heterocycles. The Balaban J connectivity index is 1.12. The van der Waals surface area contributed by atoms with E-state index in [1.165, 1.54) is 21.9 Å². The summed E-state index contributed by atoms with van der Waals surface area (Å²) in [5.74, 6) is 0. The van der Waals surface area contributed by atoms with Crippen LogP contribution in [-0.4, -0.2) is 19.9 Å². The van der Waals surface area contributed by atoms with Crippen molar-refractivity contribution in [2.75, 3.05) is 0 Å². The molecule has 0 unspecified atom stereocenters. The molecule has 0 spiro atoms. The Morgan fingerprint density at radius 1 is 0.354 bits per heavy atom. The Labute approximate surface area is 276 Å². The van der Waals surface area contributed by atoms with Gasteiger partial charge in [0.05, 0.1) is 33.3 Å². The summed E-state index contributed by atoms with van der Waals surface area (Å²) in [7, 11) is 0. The smallest absolute Gasteiger partial charge is 0.0978 e. The lowest BCUT2D eigenvalue weighted by Gasteiger charge is -2.14. The molecule has 0 saturated heterocycles. The number of pyridine rings is 4. The van der Waals surface area contributed by atoms with Crippen LogP contribution in [0.2, 0.25) is 0 Å². The molecule has 0 aliphatic heterocycles. The molecule has 4 nitrogen and oxygen atoms in total. The number of hydrogen-bond donors (Lipinski definition) is 0. The molecule has 4 heteroatoms. The Morgan fingerprint density at radius 2 is 1.04 bits per heavy atom. The average Bonchev–Trinajstić information content (AvgIpc) is 3.16. The van der Waals surface area contributed by atoms with Crippen LogP contribution in [0, 0.1) is 0 Å². The van der Waals surface area contributed by atoms with Crippen LogP contribution >= 0.6 is 0 Å². The fourth-order valence-electron chi connectivity index (χ4n) is 7.18. The lowest BCUT2D eigenvalue weighted by molar-refractivity contribution is 1.37. The predicted octanol–water partition coefficient (Wildman–Crippen LogP) is 11.2. The van der Waals surface area contributed by atoms with Gasteiger partial charge in [-0.25, -0.2) is 9.97 Å². The molecular weight excluding hydrogens is 585 g/mol. The van der Waals surface area contributed by atoms with Crippen molar-refractivity contribution in [2.45, 2.75) is 0 Å². The molecule has 4 heterocycles. The summed E-state index contributed by atoms with van der Waals surface area (Å²) in [5.41, 5.74) is 11.2. The first-order valence-corrected chi connectivity index (χ1v) is 16.1. The summed E-state index contributed by atoms with van der Waals surface area (Å²) in [5, 5.41) is 7.94. The molecular formula is C44H26N4. The van der Waals surface area contributed by atoms with Crippen LogP contribution in [0.1, 0.15) is 0 Å². The van der Waals surface area contributed by atoms with Gasteiger partial charge in [0.25, 0.3) is 0 Å². The van der Waals surface area contributed by atoms with Crippen LogP contribution in [-0.2, 0) is 0 Å². The molecule has 0 amide bonds. The molecule has 10 rings (SSSR count). The van der Waals surface area contributed by atoms with E-state index in [0.29, 0.717) is 0 Å². The van der Waals surface area contributed by atoms with Gasteiger partial charge in [0.1, 0.15) is 0 Å². The van der Waals surface area contributed by atoms with Crippen molar-refractivity contribution in [3.05, 3.63) is 158 Å². The molecule has 0 radical (unpaired) electrons. The van der Waals surface area contributed by atoms with Gasteiger partial charge in [0.15, 0.2) is 0 Å². The van der Waals surface area contributed by atoms with Gasteiger partial charge in [0.2, 0.25) is 0 Å². The second-order valence-corrected chi connectivity index (χ2v) is 12.3. The van der Waals surface area contributed by atoms with Gasteiger partial charge in [-0.1, -0.05) is 115 Å². The first-order valence-electron chi connectivity index (χ1n) is 16.1. The molecule has 0 atom stereocenters. The van der Waals surface area contributed by atoms with Gasteiger partial charge in [-0.15, -0.1) is 0 Å². The highest BCUT2D eigenvalue weighted by atomic mass is 14.8. The summed E-state index contributed by atoms with van der Waals surface area (Å²) in [6.45, 7) is 0. The Morgan fingerprint density at radius 3 is 1.96 bits per heavy atom. The van der Waals surface area contributed by atoms with Crippen LogP contribution in [0.4, 0.5) is 0 Å². The quantitative estimate of drug-likeness (QED) is 0.147. The highest BCUT2D eigenvalue weighted by Gasteiger charge is 2.16. The maximum atomic E-state index is 5.27. The third kappa shape index (κ3) is 4.16. The monoisotopic (exact) mass is 610 g/mol. The van der Waals surface area contributed by atoms with Gasteiger partial charge in [-0.05, 0) is 57.8 Å². The second-order valence-electron chi connectivity index (χ2n) is 12.3. The number of para-hydroxylation sites is 1. The van der Waals surface area contributed by atoms with Gasteiger partial charge in [-0.2, -0.15) is 0 Å². The van der Waals surface area contributed by atoms with E-state index in [1.807, 2.05) is 18.5 Å². The number of fused-ring (bicyclic) bond motifs is 8. The van der Waals surface area contributed by atoms with Crippen LogP contribution in [0.15, 0.2) is 158 Å². The number of nitrogens with zero attached hydrogens (tertiary/aromatic N) is 4. The van der Waals surface area contributed by atoms with E-state index in [1.54, 1.807) is 0 Å². The summed E-state index contributed by atoms with van der Waals surface area (Å²) < 4.78 is 0. The van der Waals surface area contributed by atoms with Crippen LogP contribution in [0.5, 0.6) is 0 Å². The van der Waals surface area contributed by atoms with E-state index in [9.17, 15) is 0 Å². The third-order valence-corrected chi connectivity index (χ3v) is 9.52. The molecule has 6 aromatic carbocycles. The first kappa shape index (κ1) is 26.7. The highest BCUT2D eigenvalue weighted by Crippen LogP contribution is 2.39. The number of hydrogen-bond acceptors (Lipinski definition) is 4. The van der Waals surface area contributed by atoms with Crippen LogP contribution in [0.25, 0.3) is 98.8 Å². The molecule has 0 N–H and O–H groups in total. The molecule has 0 bridgehead atoms. The fraction of sp³-hybridized carbons (Fsp3) is 0. The van der Waals surface area contributed by atoms with E-state index in [-0.39, 0.29) is 0 Å². The minimum Gasteiger partial charge on any atom is -0.254 e. The Hall–Kier alpha value is -6.52. The zero-order valence-electron chi connectivity index (χ0n) is 25.8. The second kappa shape index (κ2) is 10.5. The minimum absolute atomic E-state index is 0.904. The Bertz CT molecular complexity index is 2890. The highest BCUT2D eigenvalue weighted by molar-refractivity contribution is 6.16. The lowest BCUT2D eigenvalue weighted by Crippen LogP contribution is -1.93. The number of rotatable bonds is 3. The van der Waals surface area contributed by atoms with Crippen molar-refractivity contribution in [2.24, 2.45) is 0 Å². The van der Waals surface area contributed by atoms with E-state index < -0.39 is 0 Å². The van der Waals surface area contributed by atoms with Crippen molar-refractivity contribution in [1.82, 2.24) is 19.9 Å². The van der Waals surface area contributed by atoms with Crippen molar-refractivity contribution >= 4 is 65.3 Å². The van der Waals surface area contributed by atoms with Crippen molar-refractivity contribution in [3.8, 4) is 33.5 Å². The lowest BCUT2D eigenvalue weighted by atomic mass is 9.93. The zero-order valence-corrected chi connectivity index (χ0v) is 25.8. The van der Waals surface area contributed by atoms with Crippen molar-refractivity contribution < 1.29 is 0 Å². The summed E-state index contributed by atoms with van der Waals surface area (Å²) in [6, 6.07) is 51.3. The summed E-state index contributed by atoms with van der Waals surface area (Å²) in [6.07, 6.45) is 3.70. The van der Waals surface area contributed by atoms with Gasteiger partial charge in [0, 0.05) is 50.5 Å². The van der Waals surface area contributed by atoms with Crippen LogP contribution in [0.3, 0.4) is 0 Å². The van der Waals surface area contributed by atoms with Crippen molar-refractivity contribution in [1.29, 1.82) is 0 Å². The first-order chi connectivity index (χ1) is 23.8. The average molecular weight is 611 g/mol. The minimum atomic E-state index is 0.904. The zero-order chi connectivity index (χ0) is 31.6. The maximum absolute atomic E-state index is 5.27. The predicted molar refractivity (Wildman–Crippen MR) is 199 cm³/mol. The molecule has 48 heavy (non-hydrogen) atoms. The van der Waals surface area contributed by atoms with E-state index in [0.717, 1.165) is 76.9 Å². The van der Waals surface area contributed by atoms with Crippen molar-refractivity contribution in [3.63, 3.8) is 0 Å². The molecule has 10 aromatic rings. The van der Waals surface area contributed by atoms with Gasteiger partial charge in [-0.3, -0.25) is 9.97 Å². The van der Waals surface area contributed by atoms with Gasteiger partial charge < -0.3 is 0 Å². The summed E-state index contributed by atoms with van der Waals surface area (Å²) >= 11 is 0. The summed E-state index contributed by atoms with van der Waals surface area (Å²) in [4.78, 5) is 19.8. The van der Waals surface area contributed by atoms with Gasteiger partial charge >= 0.3 is 0 Å². The molecule has 0 saturated carbocycles.